The summed E-state index contributed by atoms with van der Waals surface area (Å²) in [7, 11) is 3.99. The number of hydrogen-bond donors (Lipinski definition) is 0. The van der Waals surface area contributed by atoms with Crippen LogP contribution >= 0.6 is 0 Å². The lowest BCUT2D eigenvalue weighted by Gasteiger charge is -2.11. The second-order valence-electron chi connectivity index (χ2n) is 5.82. The van der Waals surface area contributed by atoms with Gasteiger partial charge in [0.15, 0.2) is 0 Å². The lowest BCUT2D eigenvalue weighted by molar-refractivity contribution is -0.134. The lowest BCUT2D eigenvalue weighted by Crippen LogP contribution is -2.28. The van der Waals surface area contributed by atoms with Crippen LogP contribution in [0, 0.1) is 26.6 Å². The van der Waals surface area contributed by atoms with Crippen molar-refractivity contribution in [3.63, 3.8) is 0 Å². The van der Waals surface area contributed by atoms with Crippen LogP contribution in [0.5, 0.6) is 0 Å². The van der Waals surface area contributed by atoms with Crippen molar-refractivity contribution in [2.75, 3.05) is 34.4 Å². The van der Waals surface area contributed by atoms with Gasteiger partial charge in [-0.15, -0.1) is 14.7 Å². The topological polar surface area (TPSA) is 158 Å². The molecule has 0 unspecified atom stereocenters. The standard InChI is InChI=1S/C6H12N2O2.C5H10N2O2.C4H8N2O3/c1-4-8(7-10)6(9)5(2)3;1-4(2)5(8)7(3)6-9;1-6(5-8)4(7)3-9-2/h5H,4H2,1-3H3;4H,1-3H3;3H2,1-2H3. The van der Waals surface area contributed by atoms with Crippen LogP contribution in [0.15, 0.2) is 15.9 Å². The van der Waals surface area contributed by atoms with Gasteiger partial charge in [0.05, 0.1) is 15.9 Å². The molecule has 0 saturated heterocycles. The van der Waals surface area contributed by atoms with Crippen molar-refractivity contribution in [2.45, 2.75) is 34.6 Å². The molecule has 0 aliphatic heterocycles. The first-order valence-corrected chi connectivity index (χ1v) is 8.29. The van der Waals surface area contributed by atoms with Gasteiger partial charge < -0.3 is 4.74 Å². The van der Waals surface area contributed by atoms with E-state index < -0.39 is 5.91 Å². The molecule has 0 spiro atoms. The normalized spacial score (nSPS) is 9.21. The SMILES string of the molecule is CC(C)C(=O)N(C)N=O.CCN(N=O)C(=O)C(C)C.COCC(=O)N(C)N=O. The zero-order valence-corrected chi connectivity index (χ0v) is 17.6. The molecule has 0 aromatic heterocycles. The van der Waals surface area contributed by atoms with E-state index >= 15 is 0 Å². The van der Waals surface area contributed by atoms with Crippen LogP contribution in [0.3, 0.4) is 0 Å². The van der Waals surface area contributed by atoms with E-state index in [0.717, 1.165) is 10.0 Å². The van der Waals surface area contributed by atoms with Gasteiger partial charge in [0.1, 0.15) is 6.61 Å². The van der Waals surface area contributed by atoms with Crippen molar-refractivity contribution in [1.29, 1.82) is 0 Å². The minimum Gasteiger partial charge on any atom is -0.375 e. The Kier molecular flexibility index (Phi) is 18.8. The Bertz CT molecular complexity index is 513. The van der Waals surface area contributed by atoms with Crippen LogP contribution in [0.1, 0.15) is 34.6 Å². The van der Waals surface area contributed by atoms with E-state index in [1.807, 2.05) is 0 Å². The van der Waals surface area contributed by atoms with Crippen LogP contribution in [0.25, 0.3) is 0 Å². The average molecular weight is 406 g/mol. The maximum absolute atomic E-state index is 10.9. The fraction of sp³-hybridized carbons (Fsp3) is 0.800. The summed E-state index contributed by atoms with van der Waals surface area (Å²) < 4.78 is 4.44. The minimum atomic E-state index is -0.451. The zero-order chi connectivity index (χ0) is 22.9. The molecule has 0 atom stereocenters. The Morgan fingerprint density at radius 1 is 0.821 bits per heavy atom. The molecule has 0 aromatic rings. The number of likely N-dealkylation sites (N-methyl/N-ethyl adjacent to an activating group) is 1. The second kappa shape index (κ2) is 17.6. The van der Waals surface area contributed by atoms with Crippen LogP contribution in [0.4, 0.5) is 0 Å². The van der Waals surface area contributed by atoms with Gasteiger partial charge in [-0.25, -0.2) is 0 Å². The highest BCUT2D eigenvalue weighted by molar-refractivity contribution is 5.78. The van der Waals surface area contributed by atoms with E-state index in [0.29, 0.717) is 11.6 Å². The molecule has 0 heterocycles. The predicted molar refractivity (Wildman–Crippen MR) is 102 cm³/mol. The Morgan fingerprint density at radius 2 is 1.25 bits per heavy atom. The molecule has 0 aromatic carbocycles. The number of carbonyl (C=O) groups is 3. The quantitative estimate of drug-likeness (QED) is 0.438. The van der Waals surface area contributed by atoms with Crippen molar-refractivity contribution in [3.05, 3.63) is 14.7 Å². The van der Waals surface area contributed by atoms with Crippen molar-refractivity contribution >= 4 is 17.7 Å². The van der Waals surface area contributed by atoms with E-state index in [9.17, 15) is 29.1 Å². The highest BCUT2D eigenvalue weighted by atomic mass is 16.5. The number of rotatable bonds is 8. The molecule has 0 rings (SSSR count). The first kappa shape index (κ1) is 29.9. The predicted octanol–water partition coefficient (Wildman–Crippen LogP) is 1.73. The summed E-state index contributed by atoms with van der Waals surface area (Å²) in [5.74, 6) is -1.25. The van der Waals surface area contributed by atoms with Crippen molar-refractivity contribution in [3.8, 4) is 0 Å². The molecule has 0 radical (unpaired) electrons. The molecule has 0 bridgehead atoms. The highest BCUT2D eigenvalue weighted by Crippen LogP contribution is 2.00. The molecule has 13 nitrogen and oxygen atoms in total. The number of methoxy groups -OCH3 is 1. The molecule has 13 heteroatoms. The maximum atomic E-state index is 10.9. The number of ether oxygens (including phenoxy) is 1. The van der Waals surface area contributed by atoms with Gasteiger partial charge in [0.2, 0.25) is 11.8 Å². The van der Waals surface area contributed by atoms with E-state index in [2.05, 4.69) is 20.6 Å². The monoisotopic (exact) mass is 406 g/mol. The van der Waals surface area contributed by atoms with Gasteiger partial charge in [-0.2, -0.15) is 15.0 Å². The zero-order valence-electron chi connectivity index (χ0n) is 17.6. The Labute approximate surface area is 164 Å². The van der Waals surface area contributed by atoms with Crippen LogP contribution in [0.2, 0.25) is 0 Å². The molecule has 28 heavy (non-hydrogen) atoms. The van der Waals surface area contributed by atoms with Gasteiger partial charge in [0.25, 0.3) is 5.91 Å². The molecular formula is C15H30N6O7. The summed E-state index contributed by atoms with van der Waals surface area (Å²) in [6.45, 7) is 8.84. The lowest BCUT2D eigenvalue weighted by atomic mass is 10.2. The number of carbonyl (C=O) groups excluding carboxylic acids is 3. The van der Waals surface area contributed by atoms with Gasteiger partial charge >= 0.3 is 0 Å². The summed E-state index contributed by atoms with van der Waals surface area (Å²) in [6, 6.07) is 0. The molecule has 162 valence electrons. The summed E-state index contributed by atoms with van der Waals surface area (Å²) in [5.41, 5.74) is 0. The van der Waals surface area contributed by atoms with Gasteiger partial charge in [-0.3, -0.25) is 14.4 Å². The molecular weight excluding hydrogens is 376 g/mol. The molecule has 0 N–H and O–H groups in total. The van der Waals surface area contributed by atoms with E-state index in [-0.39, 0.29) is 30.3 Å². The maximum Gasteiger partial charge on any atom is 0.270 e. The average Bonchev–Trinajstić information content (AvgIpc) is 2.67. The number of nitrogens with zero attached hydrogens (tertiary/aromatic N) is 6. The van der Waals surface area contributed by atoms with Crippen molar-refractivity contribution < 1.29 is 19.1 Å². The third kappa shape index (κ3) is 14.4. The Hall–Kier alpha value is -2.83. The first-order chi connectivity index (χ1) is 12.9. The van der Waals surface area contributed by atoms with Crippen LogP contribution in [-0.4, -0.2) is 67.1 Å². The Balaban J connectivity index is -0.000000336. The van der Waals surface area contributed by atoms with Crippen LogP contribution in [-0.2, 0) is 19.1 Å². The molecule has 3 amide bonds. The highest BCUT2D eigenvalue weighted by Gasteiger charge is 2.15. The number of hydrogen-bond acceptors (Lipinski definition) is 10. The summed E-state index contributed by atoms with van der Waals surface area (Å²) in [4.78, 5) is 61.4. The fourth-order valence-corrected chi connectivity index (χ4v) is 1.23. The summed E-state index contributed by atoms with van der Waals surface area (Å²) >= 11 is 0. The third-order valence-electron chi connectivity index (χ3n) is 2.83. The summed E-state index contributed by atoms with van der Waals surface area (Å²) in [6.07, 6.45) is 0. The summed E-state index contributed by atoms with van der Waals surface area (Å²) in [5, 5.41) is 9.77. The minimum absolute atomic E-state index is 0.109. The van der Waals surface area contributed by atoms with Crippen LogP contribution < -0.4 is 0 Å². The van der Waals surface area contributed by atoms with E-state index in [4.69, 9.17) is 0 Å². The largest absolute Gasteiger partial charge is 0.375 e. The van der Waals surface area contributed by atoms with Gasteiger partial charge in [-0.05, 0) is 6.92 Å². The molecule has 0 aliphatic carbocycles. The van der Waals surface area contributed by atoms with Crippen molar-refractivity contribution in [2.24, 2.45) is 27.7 Å². The second-order valence-corrected chi connectivity index (χ2v) is 5.82. The third-order valence-corrected chi connectivity index (χ3v) is 2.83. The van der Waals surface area contributed by atoms with Gasteiger partial charge in [0, 0.05) is 39.6 Å². The van der Waals surface area contributed by atoms with E-state index in [1.54, 1.807) is 34.6 Å². The number of nitroso groups, excluding NO2 is 3. The first-order valence-electron chi connectivity index (χ1n) is 8.29. The molecule has 0 aliphatic rings. The Morgan fingerprint density at radius 3 is 1.43 bits per heavy atom. The van der Waals surface area contributed by atoms with Gasteiger partial charge in [-0.1, -0.05) is 27.7 Å². The smallest absolute Gasteiger partial charge is 0.270 e. The number of amides is 3. The fourth-order valence-electron chi connectivity index (χ4n) is 1.23. The van der Waals surface area contributed by atoms with E-state index in [1.165, 1.54) is 21.2 Å². The molecule has 0 saturated carbocycles. The van der Waals surface area contributed by atoms with Crippen molar-refractivity contribution in [1.82, 2.24) is 15.0 Å². The molecule has 0 fully saturated rings.